The molecule has 0 saturated carbocycles. The molecule has 0 heterocycles. The maximum Gasteiger partial charge on any atom is 0.220 e. The fourth-order valence-corrected chi connectivity index (χ4v) is 5.05. The maximum absolute atomic E-state index is 12.2. The minimum Gasteiger partial charge on any atom is -0.394 e. The summed E-state index contributed by atoms with van der Waals surface area (Å²) in [4.78, 5) is 12.2. The van der Waals surface area contributed by atoms with Crippen LogP contribution in [0.2, 0.25) is 0 Å². The SMILES string of the molecule is CC/C=C\C/C=C\C/C=C\C/C=C\C/C=C\C/C=C\C/C=C\C/C=C\C/C=C\CCCCCCCC(=O)NC(CO)C(O)CCCCCC. The first-order valence-electron chi connectivity index (χ1n) is 19.6. The van der Waals surface area contributed by atoms with Crippen molar-refractivity contribution in [2.24, 2.45) is 0 Å². The van der Waals surface area contributed by atoms with Crippen LogP contribution in [0.3, 0.4) is 0 Å². The summed E-state index contributed by atoms with van der Waals surface area (Å²) in [5.41, 5.74) is 0. The van der Waals surface area contributed by atoms with Crippen molar-refractivity contribution >= 4 is 5.91 Å². The monoisotopic (exact) mass is 676 g/mol. The quantitative estimate of drug-likeness (QED) is 0.0479. The Morgan fingerprint density at radius 3 is 1.33 bits per heavy atom. The van der Waals surface area contributed by atoms with Gasteiger partial charge in [-0.2, -0.15) is 0 Å². The maximum atomic E-state index is 12.2. The molecule has 0 aliphatic heterocycles. The van der Waals surface area contributed by atoms with Crippen LogP contribution in [0.5, 0.6) is 0 Å². The Balaban J connectivity index is 3.65. The molecule has 0 aliphatic carbocycles. The first-order chi connectivity index (χ1) is 24.2. The Labute approximate surface area is 302 Å². The van der Waals surface area contributed by atoms with Gasteiger partial charge in [0.1, 0.15) is 0 Å². The topological polar surface area (TPSA) is 69.6 Å². The molecule has 0 fully saturated rings. The van der Waals surface area contributed by atoms with E-state index in [4.69, 9.17) is 0 Å². The van der Waals surface area contributed by atoms with Crippen molar-refractivity contribution in [3.8, 4) is 0 Å². The summed E-state index contributed by atoms with van der Waals surface area (Å²) in [6.45, 7) is 4.10. The lowest BCUT2D eigenvalue weighted by molar-refractivity contribution is -0.123. The van der Waals surface area contributed by atoms with Crippen molar-refractivity contribution in [1.29, 1.82) is 0 Å². The number of carbonyl (C=O) groups is 1. The van der Waals surface area contributed by atoms with Gasteiger partial charge in [0.05, 0.1) is 18.8 Å². The van der Waals surface area contributed by atoms with E-state index >= 15 is 0 Å². The predicted octanol–water partition coefficient (Wildman–Crippen LogP) is 12.1. The molecule has 0 aliphatic rings. The molecule has 0 radical (unpaired) electrons. The number of nitrogens with one attached hydrogen (secondary N) is 1. The minimum atomic E-state index is -0.671. The van der Waals surface area contributed by atoms with E-state index in [2.05, 4.69) is 129 Å². The second-order valence-electron chi connectivity index (χ2n) is 12.6. The molecule has 0 aromatic carbocycles. The molecule has 0 aromatic rings. The summed E-state index contributed by atoms with van der Waals surface area (Å²) >= 11 is 0. The smallest absolute Gasteiger partial charge is 0.220 e. The zero-order valence-electron chi connectivity index (χ0n) is 31.4. The second-order valence-corrected chi connectivity index (χ2v) is 12.6. The van der Waals surface area contributed by atoms with Crippen LogP contribution in [0.25, 0.3) is 0 Å². The average molecular weight is 676 g/mol. The van der Waals surface area contributed by atoms with Gasteiger partial charge >= 0.3 is 0 Å². The average Bonchev–Trinajstić information content (AvgIpc) is 3.11. The number of aliphatic hydroxyl groups is 2. The summed E-state index contributed by atoms with van der Waals surface area (Å²) in [7, 11) is 0. The zero-order valence-corrected chi connectivity index (χ0v) is 31.4. The summed E-state index contributed by atoms with van der Waals surface area (Å²) in [6.07, 6.45) is 60.5. The van der Waals surface area contributed by atoms with Gasteiger partial charge in [-0.05, 0) is 83.5 Å². The lowest BCUT2D eigenvalue weighted by Gasteiger charge is -2.22. The van der Waals surface area contributed by atoms with E-state index in [1.165, 1.54) is 12.8 Å². The largest absolute Gasteiger partial charge is 0.394 e. The molecule has 3 N–H and O–H groups in total. The van der Waals surface area contributed by atoms with Crippen LogP contribution in [-0.4, -0.2) is 34.9 Å². The molecule has 1 amide bonds. The zero-order chi connectivity index (χ0) is 35.7. The molecule has 276 valence electrons. The number of amides is 1. The van der Waals surface area contributed by atoms with Crippen LogP contribution in [0.15, 0.2) is 109 Å². The number of hydrogen-bond acceptors (Lipinski definition) is 3. The number of unbranched alkanes of at least 4 members (excludes halogenated alkanes) is 8. The third-order valence-electron chi connectivity index (χ3n) is 8.05. The molecular formula is C45H73NO3. The number of rotatable bonds is 33. The van der Waals surface area contributed by atoms with Gasteiger partial charge in [0.15, 0.2) is 0 Å². The molecule has 4 heteroatoms. The van der Waals surface area contributed by atoms with Crippen molar-refractivity contribution in [3.63, 3.8) is 0 Å². The highest BCUT2D eigenvalue weighted by Gasteiger charge is 2.19. The van der Waals surface area contributed by atoms with Gasteiger partial charge < -0.3 is 15.5 Å². The lowest BCUT2D eigenvalue weighted by atomic mass is 10.0. The Kier molecular flexibility index (Phi) is 37.1. The molecule has 0 aromatic heterocycles. The fraction of sp³-hybridized carbons (Fsp3) is 0.578. The van der Waals surface area contributed by atoms with E-state index in [9.17, 15) is 15.0 Å². The number of aliphatic hydroxyl groups excluding tert-OH is 2. The predicted molar refractivity (Wildman–Crippen MR) is 216 cm³/mol. The Morgan fingerprint density at radius 2 is 0.898 bits per heavy atom. The van der Waals surface area contributed by atoms with Crippen LogP contribution in [0, 0.1) is 0 Å². The Bertz CT molecular complexity index is 995. The summed E-state index contributed by atoms with van der Waals surface area (Å²) in [5.74, 6) is -0.0666. The standard InChI is InChI=1S/C45H73NO3/c1-3-5-7-9-10-11-12-13-14-15-16-17-18-19-20-21-22-23-24-25-26-27-28-29-30-31-32-33-34-35-36-37-39-41-45(49)46-43(42-47)44(48)40-38-8-6-4-2/h5,7,10-11,13-14,16-17,19-20,22-23,25-26,28-29,31-32,43-44,47-48H,3-4,6,8-9,12,15,18,21,24,27,30,33-42H2,1-2H3,(H,46,49)/b7-5-,11-10-,14-13-,17-16-,20-19-,23-22-,26-25-,29-28-,32-31-. The normalized spacial score (nSPS) is 14.3. The molecule has 0 rings (SSSR count). The third-order valence-corrected chi connectivity index (χ3v) is 8.05. The van der Waals surface area contributed by atoms with E-state index in [0.717, 1.165) is 109 Å². The highest BCUT2D eigenvalue weighted by molar-refractivity contribution is 5.76. The van der Waals surface area contributed by atoms with Crippen LogP contribution in [0.4, 0.5) is 0 Å². The summed E-state index contributed by atoms with van der Waals surface area (Å²) in [5, 5.41) is 22.6. The lowest BCUT2D eigenvalue weighted by Crippen LogP contribution is -2.45. The van der Waals surface area contributed by atoms with Crippen LogP contribution in [-0.2, 0) is 4.79 Å². The van der Waals surface area contributed by atoms with Gasteiger partial charge in [-0.1, -0.05) is 168 Å². The first kappa shape index (κ1) is 46.0. The minimum absolute atomic E-state index is 0.0666. The van der Waals surface area contributed by atoms with Gasteiger partial charge in [0.25, 0.3) is 0 Å². The number of carbonyl (C=O) groups excluding carboxylic acids is 1. The molecule has 2 unspecified atom stereocenters. The highest BCUT2D eigenvalue weighted by atomic mass is 16.3. The van der Waals surface area contributed by atoms with E-state index in [1.54, 1.807) is 0 Å². The van der Waals surface area contributed by atoms with Crippen molar-refractivity contribution < 1.29 is 15.0 Å². The van der Waals surface area contributed by atoms with E-state index in [-0.39, 0.29) is 12.5 Å². The molecule has 0 bridgehead atoms. The van der Waals surface area contributed by atoms with E-state index < -0.39 is 12.1 Å². The van der Waals surface area contributed by atoms with E-state index in [1.807, 2.05) is 0 Å². The molecule has 0 spiro atoms. The molecule has 49 heavy (non-hydrogen) atoms. The van der Waals surface area contributed by atoms with Crippen LogP contribution in [0.1, 0.15) is 149 Å². The Morgan fingerprint density at radius 1 is 0.510 bits per heavy atom. The third kappa shape index (κ3) is 36.2. The van der Waals surface area contributed by atoms with Crippen molar-refractivity contribution in [1.82, 2.24) is 5.32 Å². The molecule has 0 saturated heterocycles. The molecule has 4 nitrogen and oxygen atoms in total. The Hall–Kier alpha value is -2.95. The summed E-state index contributed by atoms with van der Waals surface area (Å²) < 4.78 is 0. The number of hydrogen-bond donors (Lipinski definition) is 3. The van der Waals surface area contributed by atoms with Crippen LogP contribution >= 0.6 is 0 Å². The second kappa shape index (κ2) is 39.5. The van der Waals surface area contributed by atoms with Gasteiger partial charge in [-0.3, -0.25) is 4.79 Å². The van der Waals surface area contributed by atoms with Crippen molar-refractivity contribution in [2.75, 3.05) is 6.61 Å². The number of allylic oxidation sites excluding steroid dienone is 18. The fourth-order valence-electron chi connectivity index (χ4n) is 5.05. The van der Waals surface area contributed by atoms with Gasteiger partial charge in [0.2, 0.25) is 5.91 Å². The van der Waals surface area contributed by atoms with Crippen molar-refractivity contribution in [2.45, 2.75) is 161 Å². The van der Waals surface area contributed by atoms with Crippen molar-refractivity contribution in [3.05, 3.63) is 109 Å². The first-order valence-corrected chi connectivity index (χ1v) is 19.6. The van der Waals surface area contributed by atoms with E-state index in [0.29, 0.717) is 12.8 Å². The van der Waals surface area contributed by atoms with Gasteiger partial charge in [-0.15, -0.1) is 0 Å². The highest BCUT2D eigenvalue weighted by Crippen LogP contribution is 2.11. The van der Waals surface area contributed by atoms with Gasteiger partial charge in [0, 0.05) is 6.42 Å². The summed E-state index contributed by atoms with van der Waals surface area (Å²) in [6, 6.07) is -0.550. The molecule has 2 atom stereocenters. The van der Waals surface area contributed by atoms with Gasteiger partial charge in [-0.25, -0.2) is 0 Å². The van der Waals surface area contributed by atoms with Crippen LogP contribution < -0.4 is 5.32 Å². The molecular weight excluding hydrogens is 602 g/mol.